The molecule has 0 aliphatic carbocycles. The molecule has 1 atom stereocenters. The van der Waals surface area contributed by atoms with E-state index in [0.29, 0.717) is 23.5 Å². The van der Waals surface area contributed by atoms with Crippen molar-refractivity contribution in [3.05, 3.63) is 65.7 Å². The van der Waals surface area contributed by atoms with Crippen LogP contribution in [0.2, 0.25) is 0 Å². The number of aliphatic hydroxyl groups is 1. The van der Waals surface area contributed by atoms with E-state index in [1.807, 2.05) is 18.2 Å². The summed E-state index contributed by atoms with van der Waals surface area (Å²) >= 11 is 0. The average Bonchev–Trinajstić information content (AvgIpc) is 2.64. The van der Waals surface area contributed by atoms with Crippen LogP contribution < -0.4 is 4.74 Å². The largest absolute Gasteiger partial charge is 0.491 e. The second-order valence-corrected chi connectivity index (χ2v) is 5.61. The molecule has 1 N–H and O–H groups in total. The lowest BCUT2D eigenvalue weighted by atomic mass is 10.0. The van der Waals surface area contributed by atoms with E-state index in [1.54, 1.807) is 36.4 Å². The number of hydrogen-bond donors (Lipinski definition) is 1. The minimum Gasteiger partial charge on any atom is -0.491 e. The molecule has 0 aliphatic heterocycles. The summed E-state index contributed by atoms with van der Waals surface area (Å²) in [6.45, 7) is 3.18. The molecule has 128 valence electrons. The van der Waals surface area contributed by atoms with Crippen molar-refractivity contribution in [3.63, 3.8) is 0 Å². The molecule has 0 aromatic heterocycles. The molecule has 0 aliphatic rings. The number of unbranched alkanes of at least 4 members (excludes halogenated alkanes) is 1. The molecule has 2 rings (SSSR count). The van der Waals surface area contributed by atoms with Crippen molar-refractivity contribution in [2.45, 2.75) is 25.9 Å². The molecular formula is C20H24O4. The van der Waals surface area contributed by atoms with Crippen LogP contribution in [0.25, 0.3) is 0 Å². The summed E-state index contributed by atoms with van der Waals surface area (Å²) in [5, 5.41) is 9.80. The van der Waals surface area contributed by atoms with Gasteiger partial charge < -0.3 is 14.6 Å². The van der Waals surface area contributed by atoms with E-state index in [-0.39, 0.29) is 19.0 Å². The van der Waals surface area contributed by atoms with Gasteiger partial charge in [0.25, 0.3) is 0 Å². The maximum Gasteiger partial charge on any atom is 0.193 e. The van der Waals surface area contributed by atoms with Crippen LogP contribution in [0.5, 0.6) is 5.75 Å². The van der Waals surface area contributed by atoms with Gasteiger partial charge in [-0.15, -0.1) is 0 Å². The van der Waals surface area contributed by atoms with E-state index in [2.05, 4.69) is 6.92 Å². The molecule has 0 saturated heterocycles. The Morgan fingerprint density at radius 2 is 1.67 bits per heavy atom. The fraction of sp³-hybridized carbons (Fsp3) is 0.350. The zero-order valence-electron chi connectivity index (χ0n) is 14.0. The van der Waals surface area contributed by atoms with Crippen LogP contribution in [-0.2, 0) is 4.74 Å². The maximum atomic E-state index is 12.3. The van der Waals surface area contributed by atoms with Gasteiger partial charge in [0, 0.05) is 17.7 Å². The Labute approximate surface area is 143 Å². The van der Waals surface area contributed by atoms with Crippen LogP contribution in [-0.4, -0.2) is 36.8 Å². The first-order valence-electron chi connectivity index (χ1n) is 8.29. The topological polar surface area (TPSA) is 55.8 Å². The monoisotopic (exact) mass is 328 g/mol. The van der Waals surface area contributed by atoms with Crippen molar-refractivity contribution in [2.24, 2.45) is 0 Å². The van der Waals surface area contributed by atoms with Gasteiger partial charge in [-0.25, -0.2) is 0 Å². The van der Waals surface area contributed by atoms with Gasteiger partial charge in [0.1, 0.15) is 18.5 Å². The van der Waals surface area contributed by atoms with Crippen molar-refractivity contribution in [1.82, 2.24) is 0 Å². The number of carbonyl (C=O) groups excluding carboxylic acids is 1. The van der Waals surface area contributed by atoms with Crippen LogP contribution in [0, 0.1) is 0 Å². The van der Waals surface area contributed by atoms with Crippen LogP contribution in [0.15, 0.2) is 54.6 Å². The lowest BCUT2D eigenvalue weighted by Gasteiger charge is -2.13. The molecule has 2 aromatic rings. The minimum atomic E-state index is -0.660. The Morgan fingerprint density at radius 3 is 2.33 bits per heavy atom. The molecule has 0 bridgehead atoms. The Hall–Kier alpha value is -2.17. The zero-order chi connectivity index (χ0) is 17.2. The molecule has 0 saturated carbocycles. The third kappa shape index (κ3) is 5.80. The summed E-state index contributed by atoms with van der Waals surface area (Å²) in [7, 11) is 0. The molecule has 2 aromatic carbocycles. The maximum absolute atomic E-state index is 12.3. The van der Waals surface area contributed by atoms with Crippen molar-refractivity contribution in [3.8, 4) is 5.75 Å². The van der Waals surface area contributed by atoms with Crippen molar-refractivity contribution in [1.29, 1.82) is 0 Å². The molecule has 0 fully saturated rings. The number of rotatable bonds is 10. The smallest absolute Gasteiger partial charge is 0.193 e. The number of carbonyl (C=O) groups is 1. The zero-order valence-corrected chi connectivity index (χ0v) is 14.0. The summed E-state index contributed by atoms with van der Waals surface area (Å²) in [5.74, 6) is 0.596. The predicted octanol–water partition coefficient (Wildman–Crippen LogP) is 3.47. The van der Waals surface area contributed by atoms with E-state index in [9.17, 15) is 9.90 Å². The van der Waals surface area contributed by atoms with E-state index in [1.165, 1.54) is 0 Å². The van der Waals surface area contributed by atoms with Gasteiger partial charge in [0.15, 0.2) is 5.78 Å². The van der Waals surface area contributed by atoms with Crippen molar-refractivity contribution in [2.75, 3.05) is 19.8 Å². The summed E-state index contributed by atoms with van der Waals surface area (Å²) in [5.41, 5.74) is 1.27. The predicted molar refractivity (Wildman–Crippen MR) is 93.5 cm³/mol. The van der Waals surface area contributed by atoms with Crippen LogP contribution in [0.3, 0.4) is 0 Å². The third-order valence-corrected chi connectivity index (χ3v) is 3.55. The molecular weight excluding hydrogens is 304 g/mol. The van der Waals surface area contributed by atoms with E-state index >= 15 is 0 Å². The first kappa shape index (κ1) is 18.2. The lowest BCUT2D eigenvalue weighted by Crippen LogP contribution is -2.23. The molecule has 1 unspecified atom stereocenters. The fourth-order valence-electron chi connectivity index (χ4n) is 2.17. The SMILES string of the molecule is CCCCOCC(O)COc1ccc(C(=O)c2ccccc2)cc1. The van der Waals surface area contributed by atoms with Gasteiger partial charge in [-0.3, -0.25) is 4.79 Å². The van der Waals surface area contributed by atoms with Gasteiger partial charge in [-0.1, -0.05) is 43.7 Å². The highest BCUT2D eigenvalue weighted by atomic mass is 16.5. The molecule has 0 heterocycles. The van der Waals surface area contributed by atoms with Gasteiger partial charge in [-0.05, 0) is 30.7 Å². The molecule has 0 spiro atoms. The quantitative estimate of drug-likeness (QED) is 0.536. The summed E-state index contributed by atoms with van der Waals surface area (Å²) < 4.78 is 10.9. The standard InChI is InChI=1S/C20H24O4/c1-2-3-13-23-14-18(21)15-24-19-11-9-17(10-12-19)20(22)16-7-5-4-6-8-16/h4-12,18,21H,2-3,13-15H2,1H3. The van der Waals surface area contributed by atoms with Crippen molar-refractivity contribution < 1.29 is 19.4 Å². The number of ether oxygens (including phenoxy) is 2. The Kier molecular flexibility index (Phi) is 7.46. The first-order chi connectivity index (χ1) is 11.7. The third-order valence-electron chi connectivity index (χ3n) is 3.55. The Morgan fingerprint density at radius 1 is 1.00 bits per heavy atom. The van der Waals surface area contributed by atoms with Gasteiger partial charge in [0.05, 0.1) is 6.61 Å². The van der Waals surface area contributed by atoms with Gasteiger partial charge in [0.2, 0.25) is 0 Å². The fourth-order valence-corrected chi connectivity index (χ4v) is 2.17. The first-order valence-corrected chi connectivity index (χ1v) is 8.29. The Balaban J connectivity index is 1.81. The summed E-state index contributed by atoms with van der Waals surface area (Å²) in [4.78, 5) is 12.3. The molecule has 4 heteroatoms. The molecule has 0 radical (unpaired) electrons. The second kappa shape index (κ2) is 9.85. The highest BCUT2D eigenvalue weighted by Crippen LogP contribution is 2.15. The van der Waals surface area contributed by atoms with E-state index < -0.39 is 6.10 Å². The number of benzene rings is 2. The van der Waals surface area contributed by atoms with Crippen molar-refractivity contribution >= 4 is 5.78 Å². The lowest BCUT2D eigenvalue weighted by molar-refractivity contribution is 0.0113. The van der Waals surface area contributed by atoms with Crippen LogP contribution >= 0.6 is 0 Å². The Bertz CT molecular complexity index is 607. The molecule has 24 heavy (non-hydrogen) atoms. The number of aliphatic hydroxyl groups excluding tert-OH is 1. The number of hydrogen-bond acceptors (Lipinski definition) is 4. The van der Waals surface area contributed by atoms with Crippen LogP contribution in [0.4, 0.5) is 0 Å². The van der Waals surface area contributed by atoms with E-state index in [4.69, 9.17) is 9.47 Å². The highest BCUT2D eigenvalue weighted by molar-refractivity contribution is 6.08. The van der Waals surface area contributed by atoms with Gasteiger partial charge >= 0.3 is 0 Å². The van der Waals surface area contributed by atoms with Crippen LogP contribution in [0.1, 0.15) is 35.7 Å². The molecule has 4 nitrogen and oxygen atoms in total. The highest BCUT2D eigenvalue weighted by Gasteiger charge is 2.09. The molecule has 0 amide bonds. The second-order valence-electron chi connectivity index (χ2n) is 5.61. The normalized spacial score (nSPS) is 11.9. The van der Waals surface area contributed by atoms with E-state index in [0.717, 1.165) is 12.8 Å². The minimum absolute atomic E-state index is 0.0218. The number of ketones is 1. The summed E-state index contributed by atoms with van der Waals surface area (Å²) in [6, 6.07) is 16.1. The average molecular weight is 328 g/mol. The van der Waals surface area contributed by atoms with Gasteiger partial charge in [-0.2, -0.15) is 0 Å². The summed E-state index contributed by atoms with van der Waals surface area (Å²) in [6.07, 6.45) is 1.40.